The number of fused-ring (bicyclic) bond motifs is 1. The van der Waals surface area contributed by atoms with Gasteiger partial charge < -0.3 is 10.3 Å². The van der Waals surface area contributed by atoms with Crippen LogP contribution < -0.4 is 10.9 Å². The molecule has 0 fully saturated rings. The maximum Gasteiger partial charge on any atom is 0.254 e. The number of benzene rings is 2. The summed E-state index contributed by atoms with van der Waals surface area (Å²) in [4.78, 5) is 15.5. The lowest BCUT2D eigenvalue weighted by Crippen LogP contribution is -2.16. The first kappa shape index (κ1) is 17.3. The molecule has 7 heteroatoms. The van der Waals surface area contributed by atoms with Crippen LogP contribution in [-0.4, -0.2) is 14.8 Å². The first-order valence-corrected chi connectivity index (χ1v) is 8.76. The normalized spacial score (nSPS) is 11.1. The molecule has 4 aromatic rings. The second-order valence-corrected chi connectivity index (χ2v) is 6.61. The number of hydrogen-bond acceptors (Lipinski definition) is 3. The molecule has 0 saturated carbocycles. The van der Waals surface area contributed by atoms with E-state index in [-0.39, 0.29) is 17.1 Å². The van der Waals surface area contributed by atoms with Gasteiger partial charge in [-0.2, -0.15) is 5.10 Å². The number of aromatic nitrogens is 3. The molecule has 136 valence electrons. The van der Waals surface area contributed by atoms with Crippen molar-refractivity contribution in [1.82, 2.24) is 14.8 Å². The molecule has 0 aliphatic carbocycles. The number of H-pyrrole nitrogens is 1. The summed E-state index contributed by atoms with van der Waals surface area (Å²) in [6.07, 6.45) is 0. The van der Waals surface area contributed by atoms with Crippen LogP contribution in [0.5, 0.6) is 0 Å². The highest BCUT2D eigenvalue weighted by atomic mass is 35.5. The van der Waals surface area contributed by atoms with Gasteiger partial charge in [0.15, 0.2) is 0 Å². The van der Waals surface area contributed by atoms with Crippen LogP contribution >= 0.6 is 11.6 Å². The molecular formula is C20H16ClFN4O. The third-order valence-corrected chi connectivity index (χ3v) is 4.64. The van der Waals surface area contributed by atoms with Crippen molar-refractivity contribution in [1.29, 1.82) is 0 Å². The molecule has 2 aromatic carbocycles. The van der Waals surface area contributed by atoms with Crippen molar-refractivity contribution in [2.24, 2.45) is 0 Å². The summed E-state index contributed by atoms with van der Waals surface area (Å²) in [6.45, 7) is 2.18. The van der Waals surface area contributed by atoms with Gasteiger partial charge >= 0.3 is 0 Å². The van der Waals surface area contributed by atoms with E-state index in [1.807, 2.05) is 43.3 Å². The Labute approximate surface area is 159 Å². The Morgan fingerprint density at radius 2 is 1.96 bits per heavy atom. The number of rotatable bonds is 4. The number of nitrogens with zero attached hydrogens (tertiary/aromatic N) is 2. The molecule has 0 aliphatic heterocycles. The second kappa shape index (κ2) is 6.89. The molecule has 0 bridgehead atoms. The fourth-order valence-electron chi connectivity index (χ4n) is 2.95. The Balaban J connectivity index is 1.69. The highest BCUT2D eigenvalue weighted by Crippen LogP contribution is 2.22. The molecule has 2 aromatic heterocycles. The Bertz CT molecular complexity index is 1180. The van der Waals surface area contributed by atoms with Crippen molar-refractivity contribution < 1.29 is 4.39 Å². The monoisotopic (exact) mass is 382 g/mol. The van der Waals surface area contributed by atoms with Gasteiger partial charge in [-0.3, -0.25) is 4.79 Å². The Kier molecular flexibility index (Phi) is 4.41. The molecule has 2 N–H and O–H groups in total. The van der Waals surface area contributed by atoms with E-state index < -0.39 is 5.82 Å². The second-order valence-electron chi connectivity index (χ2n) is 6.20. The average molecular weight is 383 g/mol. The number of nitrogens with one attached hydrogen (secondary N) is 2. The fourth-order valence-corrected chi connectivity index (χ4v) is 3.13. The van der Waals surface area contributed by atoms with E-state index in [9.17, 15) is 9.18 Å². The number of aryl methyl sites for hydroxylation is 1. The van der Waals surface area contributed by atoms with Crippen LogP contribution in [0.15, 0.2) is 59.4 Å². The van der Waals surface area contributed by atoms with Crippen LogP contribution in [0.4, 0.5) is 10.1 Å². The summed E-state index contributed by atoms with van der Waals surface area (Å²) >= 11 is 5.79. The Morgan fingerprint density at radius 3 is 2.70 bits per heavy atom. The molecule has 0 radical (unpaired) electrons. The fraction of sp³-hybridized carbons (Fsp3) is 0.100. The van der Waals surface area contributed by atoms with Gasteiger partial charge in [0.25, 0.3) is 5.56 Å². The summed E-state index contributed by atoms with van der Waals surface area (Å²) in [5.74, 6) is -0.481. The van der Waals surface area contributed by atoms with Gasteiger partial charge in [0.1, 0.15) is 11.5 Å². The van der Waals surface area contributed by atoms with Crippen molar-refractivity contribution in [3.05, 3.63) is 87.0 Å². The predicted octanol–water partition coefficient (Wildman–Crippen LogP) is 4.43. The van der Waals surface area contributed by atoms with Crippen LogP contribution in [0, 0.1) is 12.7 Å². The van der Waals surface area contributed by atoms with Crippen molar-refractivity contribution in [2.75, 3.05) is 5.32 Å². The van der Waals surface area contributed by atoms with Gasteiger partial charge in [0, 0.05) is 23.2 Å². The lowest BCUT2D eigenvalue weighted by atomic mass is 10.2. The summed E-state index contributed by atoms with van der Waals surface area (Å²) in [5, 5.41) is 8.54. The smallest absolute Gasteiger partial charge is 0.254 e. The van der Waals surface area contributed by atoms with Crippen LogP contribution in [0.1, 0.15) is 11.3 Å². The largest absolute Gasteiger partial charge is 0.381 e. The third kappa shape index (κ3) is 3.31. The van der Waals surface area contributed by atoms with Gasteiger partial charge in [0.2, 0.25) is 0 Å². The quantitative estimate of drug-likeness (QED) is 0.549. The van der Waals surface area contributed by atoms with E-state index in [0.717, 1.165) is 16.8 Å². The molecule has 0 saturated heterocycles. The highest BCUT2D eigenvalue weighted by molar-refractivity contribution is 6.31. The lowest BCUT2D eigenvalue weighted by molar-refractivity contribution is 0.628. The van der Waals surface area contributed by atoms with Crippen LogP contribution in [0.3, 0.4) is 0 Å². The van der Waals surface area contributed by atoms with Crippen LogP contribution in [0.25, 0.3) is 16.7 Å². The molecule has 0 spiro atoms. The summed E-state index contributed by atoms with van der Waals surface area (Å²) in [7, 11) is 0. The zero-order valence-corrected chi connectivity index (χ0v) is 15.2. The van der Waals surface area contributed by atoms with Gasteiger partial charge in [-0.1, -0.05) is 29.8 Å². The molecule has 0 unspecified atom stereocenters. The van der Waals surface area contributed by atoms with E-state index in [0.29, 0.717) is 16.9 Å². The first-order valence-electron chi connectivity index (χ1n) is 8.39. The number of hydrogen-bond donors (Lipinski definition) is 2. The topological polar surface area (TPSA) is 62.7 Å². The molecule has 0 aliphatic rings. The lowest BCUT2D eigenvalue weighted by Gasteiger charge is -2.08. The number of anilines is 1. The maximum atomic E-state index is 13.3. The molecule has 5 nitrogen and oxygen atoms in total. The van der Waals surface area contributed by atoms with Crippen LogP contribution in [-0.2, 0) is 6.54 Å². The van der Waals surface area contributed by atoms with Crippen molar-refractivity contribution in [3.8, 4) is 5.69 Å². The minimum absolute atomic E-state index is 0.0318. The number of pyridine rings is 1. The standard InChI is InChI=1S/C20H16ClFN4O/c1-12-16-9-13(11-23-14-7-8-18(22)17(21)10-14)20(27)24-19(16)26(25-12)15-5-3-2-4-6-15/h2-10,23H,11H2,1H3,(H,24,27). The van der Waals surface area contributed by atoms with Crippen molar-refractivity contribution in [2.45, 2.75) is 13.5 Å². The molecule has 2 heterocycles. The number of halogens is 2. The zero-order chi connectivity index (χ0) is 19.0. The highest BCUT2D eigenvalue weighted by Gasteiger charge is 2.13. The summed E-state index contributed by atoms with van der Waals surface area (Å²) in [6, 6.07) is 15.8. The number of para-hydroxylation sites is 1. The van der Waals surface area contributed by atoms with Crippen LogP contribution in [0.2, 0.25) is 5.02 Å². The SMILES string of the molecule is Cc1nn(-c2ccccc2)c2[nH]c(=O)c(CNc3ccc(F)c(Cl)c3)cc12. The number of aromatic amines is 1. The van der Waals surface area contributed by atoms with Crippen molar-refractivity contribution in [3.63, 3.8) is 0 Å². The zero-order valence-electron chi connectivity index (χ0n) is 14.5. The molecule has 0 amide bonds. The molecular weight excluding hydrogens is 367 g/mol. The predicted molar refractivity (Wildman–Crippen MR) is 105 cm³/mol. The molecule has 0 atom stereocenters. The Morgan fingerprint density at radius 1 is 1.19 bits per heavy atom. The van der Waals surface area contributed by atoms with Crippen molar-refractivity contribution >= 4 is 28.3 Å². The van der Waals surface area contributed by atoms with E-state index in [4.69, 9.17) is 11.6 Å². The van der Waals surface area contributed by atoms with Gasteiger partial charge in [-0.25, -0.2) is 9.07 Å². The minimum atomic E-state index is -0.481. The van der Waals surface area contributed by atoms with E-state index >= 15 is 0 Å². The van der Waals surface area contributed by atoms with Gasteiger partial charge in [0.05, 0.1) is 16.4 Å². The molecule has 27 heavy (non-hydrogen) atoms. The van der Waals surface area contributed by atoms with E-state index in [2.05, 4.69) is 15.4 Å². The summed E-state index contributed by atoms with van der Waals surface area (Å²) < 4.78 is 15.0. The third-order valence-electron chi connectivity index (χ3n) is 4.35. The molecule has 4 rings (SSSR count). The minimum Gasteiger partial charge on any atom is -0.381 e. The van der Waals surface area contributed by atoms with Gasteiger partial charge in [-0.05, 0) is 43.3 Å². The summed E-state index contributed by atoms with van der Waals surface area (Å²) in [5.41, 5.74) is 3.32. The average Bonchev–Trinajstić information content (AvgIpc) is 2.99. The Hall–Kier alpha value is -3.12. The first-order chi connectivity index (χ1) is 13.0. The van der Waals surface area contributed by atoms with E-state index in [1.165, 1.54) is 12.1 Å². The van der Waals surface area contributed by atoms with Gasteiger partial charge in [-0.15, -0.1) is 0 Å². The van der Waals surface area contributed by atoms with E-state index in [1.54, 1.807) is 10.7 Å². The maximum absolute atomic E-state index is 13.3.